The molecule has 106 valence electrons. The minimum atomic E-state index is -0.210. The maximum Gasteiger partial charge on any atom is 0.223 e. The molecule has 4 nitrogen and oxygen atoms in total. The van der Waals surface area contributed by atoms with Crippen molar-refractivity contribution in [3.05, 3.63) is 23.7 Å². The molecule has 1 aromatic rings. The molecule has 0 radical (unpaired) electrons. The minimum Gasteiger partial charge on any atom is -0.466 e. The predicted molar refractivity (Wildman–Crippen MR) is 74.8 cm³/mol. The van der Waals surface area contributed by atoms with Crippen LogP contribution in [0.4, 0.5) is 0 Å². The van der Waals surface area contributed by atoms with E-state index in [1.54, 1.807) is 0 Å². The Labute approximate surface area is 114 Å². The van der Waals surface area contributed by atoms with Gasteiger partial charge in [0.15, 0.2) is 0 Å². The van der Waals surface area contributed by atoms with Crippen LogP contribution in [0, 0.1) is 6.92 Å². The first kappa shape index (κ1) is 14.1. The second-order valence-corrected chi connectivity index (χ2v) is 5.96. The minimum absolute atomic E-state index is 0.0872. The lowest BCUT2D eigenvalue weighted by atomic mass is 9.96. The third-order valence-electron chi connectivity index (χ3n) is 4.18. The van der Waals surface area contributed by atoms with Crippen molar-refractivity contribution < 1.29 is 9.21 Å². The summed E-state index contributed by atoms with van der Waals surface area (Å²) in [5.41, 5.74) is 5.84. The number of rotatable bonds is 4. The van der Waals surface area contributed by atoms with Gasteiger partial charge < -0.3 is 15.1 Å². The summed E-state index contributed by atoms with van der Waals surface area (Å²) in [4.78, 5) is 14.2. The molecule has 0 bridgehead atoms. The summed E-state index contributed by atoms with van der Waals surface area (Å²) < 4.78 is 5.50. The molecule has 0 saturated carbocycles. The maximum absolute atomic E-state index is 12.2. The van der Waals surface area contributed by atoms with Crippen LogP contribution in [0.5, 0.6) is 0 Å². The van der Waals surface area contributed by atoms with Crippen molar-refractivity contribution in [1.82, 2.24) is 4.90 Å². The van der Waals surface area contributed by atoms with Gasteiger partial charge in [0.1, 0.15) is 11.5 Å². The van der Waals surface area contributed by atoms with E-state index in [1.165, 1.54) is 0 Å². The van der Waals surface area contributed by atoms with E-state index < -0.39 is 0 Å². The largest absolute Gasteiger partial charge is 0.466 e. The van der Waals surface area contributed by atoms with Crippen molar-refractivity contribution in [2.45, 2.75) is 58.0 Å². The standard InChI is InChI=1S/C15H24N2O2/c1-11-7-8-12(19-11)5-4-6-14(18)17-10-9-13(16)15(17,2)3/h7-8,13H,4-6,9-10,16H2,1-3H3. The number of carbonyl (C=O) groups is 1. The normalized spacial score (nSPS) is 21.9. The Kier molecular flexibility index (Phi) is 3.99. The van der Waals surface area contributed by atoms with Crippen LogP contribution < -0.4 is 5.73 Å². The summed E-state index contributed by atoms with van der Waals surface area (Å²) in [7, 11) is 0. The Balaban J connectivity index is 1.82. The van der Waals surface area contributed by atoms with Crippen LogP contribution in [0.1, 0.15) is 44.6 Å². The number of likely N-dealkylation sites (tertiary alicyclic amines) is 1. The van der Waals surface area contributed by atoms with Crippen LogP contribution in [0.2, 0.25) is 0 Å². The summed E-state index contributed by atoms with van der Waals surface area (Å²) in [6.07, 6.45) is 3.11. The Hall–Kier alpha value is -1.29. The second-order valence-electron chi connectivity index (χ2n) is 5.96. The Morgan fingerprint density at radius 1 is 1.53 bits per heavy atom. The third-order valence-corrected chi connectivity index (χ3v) is 4.18. The maximum atomic E-state index is 12.2. The lowest BCUT2D eigenvalue weighted by molar-refractivity contribution is -0.134. The van der Waals surface area contributed by atoms with Gasteiger partial charge in [-0.15, -0.1) is 0 Å². The monoisotopic (exact) mass is 264 g/mol. The Morgan fingerprint density at radius 2 is 2.26 bits per heavy atom. The first-order chi connectivity index (χ1) is 8.91. The smallest absolute Gasteiger partial charge is 0.223 e. The highest BCUT2D eigenvalue weighted by Crippen LogP contribution is 2.28. The number of aryl methyl sites for hydroxylation is 2. The van der Waals surface area contributed by atoms with E-state index in [9.17, 15) is 4.79 Å². The molecule has 0 aromatic carbocycles. The molecule has 1 aliphatic rings. The van der Waals surface area contributed by atoms with E-state index >= 15 is 0 Å². The topological polar surface area (TPSA) is 59.5 Å². The van der Waals surface area contributed by atoms with E-state index in [1.807, 2.05) is 24.0 Å². The van der Waals surface area contributed by atoms with Crippen LogP contribution in [0.25, 0.3) is 0 Å². The third kappa shape index (κ3) is 3.00. The van der Waals surface area contributed by atoms with Gasteiger partial charge in [-0.25, -0.2) is 0 Å². The molecule has 1 saturated heterocycles. The zero-order valence-corrected chi connectivity index (χ0v) is 12.1. The number of carbonyl (C=O) groups excluding carboxylic acids is 1. The molecule has 1 fully saturated rings. The Morgan fingerprint density at radius 3 is 2.79 bits per heavy atom. The van der Waals surface area contributed by atoms with E-state index in [4.69, 9.17) is 10.2 Å². The first-order valence-electron chi connectivity index (χ1n) is 7.02. The lowest BCUT2D eigenvalue weighted by Crippen LogP contribution is -2.51. The van der Waals surface area contributed by atoms with Crippen molar-refractivity contribution in [2.75, 3.05) is 6.54 Å². The van der Waals surface area contributed by atoms with Crippen molar-refractivity contribution in [3.63, 3.8) is 0 Å². The van der Waals surface area contributed by atoms with Gasteiger partial charge in [-0.1, -0.05) is 0 Å². The summed E-state index contributed by atoms with van der Waals surface area (Å²) in [6.45, 7) is 6.83. The molecule has 0 spiro atoms. The number of hydrogen-bond donors (Lipinski definition) is 1. The molecule has 1 atom stereocenters. The van der Waals surface area contributed by atoms with E-state index in [0.717, 1.165) is 37.3 Å². The Bertz CT molecular complexity index is 451. The number of nitrogens with zero attached hydrogens (tertiary/aromatic N) is 1. The summed E-state index contributed by atoms with van der Waals surface area (Å²) in [5, 5.41) is 0. The molecule has 19 heavy (non-hydrogen) atoms. The van der Waals surface area contributed by atoms with Crippen LogP contribution >= 0.6 is 0 Å². The average Bonchev–Trinajstić information content (AvgIpc) is 2.85. The van der Waals surface area contributed by atoms with Gasteiger partial charge in [0.05, 0.1) is 5.54 Å². The van der Waals surface area contributed by atoms with Crippen molar-refractivity contribution in [1.29, 1.82) is 0 Å². The lowest BCUT2D eigenvalue weighted by Gasteiger charge is -2.34. The number of nitrogens with two attached hydrogens (primary N) is 1. The SMILES string of the molecule is Cc1ccc(CCCC(=O)N2CCC(N)C2(C)C)o1. The zero-order chi connectivity index (χ0) is 14.0. The molecule has 1 unspecified atom stereocenters. The molecule has 4 heteroatoms. The predicted octanol–water partition coefficient (Wildman–Crippen LogP) is 2.25. The van der Waals surface area contributed by atoms with Crippen molar-refractivity contribution >= 4 is 5.91 Å². The molecule has 1 aliphatic heterocycles. The fourth-order valence-corrected chi connectivity index (χ4v) is 2.72. The molecule has 0 aliphatic carbocycles. The van der Waals surface area contributed by atoms with Crippen LogP contribution in [-0.4, -0.2) is 28.9 Å². The molecule has 2 N–H and O–H groups in total. The van der Waals surface area contributed by atoms with Crippen LogP contribution in [0.3, 0.4) is 0 Å². The summed E-state index contributed by atoms with van der Waals surface area (Å²) in [6, 6.07) is 4.03. The van der Waals surface area contributed by atoms with Gasteiger partial charge in [0.25, 0.3) is 0 Å². The van der Waals surface area contributed by atoms with Crippen LogP contribution in [-0.2, 0) is 11.2 Å². The van der Waals surface area contributed by atoms with Gasteiger partial charge in [-0.05, 0) is 45.7 Å². The fourth-order valence-electron chi connectivity index (χ4n) is 2.72. The van der Waals surface area contributed by atoms with Crippen molar-refractivity contribution in [2.24, 2.45) is 5.73 Å². The van der Waals surface area contributed by atoms with Gasteiger partial charge in [-0.2, -0.15) is 0 Å². The van der Waals surface area contributed by atoms with Gasteiger partial charge in [0.2, 0.25) is 5.91 Å². The molecular formula is C15H24N2O2. The summed E-state index contributed by atoms with van der Waals surface area (Å²) in [5.74, 6) is 2.09. The van der Waals surface area contributed by atoms with E-state index in [2.05, 4.69) is 13.8 Å². The number of amides is 1. The number of furan rings is 1. The van der Waals surface area contributed by atoms with E-state index in [-0.39, 0.29) is 17.5 Å². The highest BCUT2D eigenvalue weighted by molar-refractivity contribution is 5.77. The second kappa shape index (κ2) is 5.37. The molecule has 1 aromatic heterocycles. The highest BCUT2D eigenvalue weighted by atomic mass is 16.3. The zero-order valence-electron chi connectivity index (χ0n) is 12.1. The average molecular weight is 264 g/mol. The first-order valence-corrected chi connectivity index (χ1v) is 7.02. The highest BCUT2D eigenvalue weighted by Gasteiger charge is 2.41. The van der Waals surface area contributed by atoms with Gasteiger partial charge in [-0.3, -0.25) is 4.79 Å². The van der Waals surface area contributed by atoms with Crippen LogP contribution in [0.15, 0.2) is 16.5 Å². The quantitative estimate of drug-likeness (QED) is 0.907. The molecule has 1 amide bonds. The number of hydrogen-bond acceptors (Lipinski definition) is 3. The van der Waals surface area contributed by atoms with E-state index in [0.29, 0.717) is 6.42 Å². The molecule has 2 heterocycles. The molecular weight excluding hydrogens is 240 g/mol. The van der Waals surface area contributed by atoms with Gasteiger partial charge >= 0.3 is 0 Å². The van der Waals surface area contributed by atoms with Crippen molar-refractivity contribution in [3.8, 4) is 0 Å². The fraction of sp³-hybridized carbons (Fsp3) is 0.667. The molecule has 2 rings (SSSR count). The summed E-state index contributed by atoms with van der Waals surface area (Å²) >= 11 is 0. The van der Waals surface area contributed by atoms with Gasteiger partial charge in [0, 0.05) is 25.4 Å².